The number of rotatable bonds is 5. The minimum atomic E-state index is 0.269. The van der Waals surface area contributed by atoms with E-state index < -0.39 is 0 Å². The van der Waals surface area contributed by atoms with Crippen LogP contribution in [0.1, 0.15) is 17.7 Å². The average Bonchev–Trinajstić information content (AvgIpc) is 3.09. The molecule has 0 spiro atoms. The summed E-state index contributed by atoms with van der Waals surface area (Å²) in [6, 6.07) is 6.01. The lowest BCUT2D eigenvalue weighted by atomic mass is 10.2. The van der Waals surface area contributed by atoms with Crippen LogP contribution >= 0.6 is 11.3 Å². The second kappa shape index (κ2) is 7.35. The summed E-state index contributed by atoms with van der Waals surface area (Å²) in [5, 5.41) is 2.09. The molecule has 0 aliphatic carbocycles. The van der Waals surface area contributed by atoms with Crippen molar-refractivity contribution >= 4 is 23.2 Å². The van der Waals surface area contributed by atoms with E-state index >= 15 is 0 Å². The van der Waals surface area contributed by atoms with E-state index in [-0.39, 0.29) is 5.91 Å². The van der Waals surface area contributed by atoms with Crippen LogP contribution in [0.15, 0.2) is 36.0 Å². The number of hydrogen-bond donors (Lipinski definition) is 0. The molecule has 116 valence electrons. The Morgan fingerprint density at radius 2 is 1.91 bits per heavy atom. The van der Waals surface area contributed by atoms with Gasteiger partial charge in [-0.05, 0) is 30.4 Å². The lowest BCUT2D eigenvalue weighted by Gasteiger charge is -2.34. The number of piperazine rings is 1. The van der Waals surface area contributed by atoms with E-state index in [1.807, 2.05) is 11.0 Å². The highest BCUT2D eigenvalue weighted by molar-refractivity contribution is 7.09. The molecule has 0 atom stereocenters. The number of aryl methyl sites for hydroxylation is 1. The van der Waals surface area contributed by atoms with Gasteiger partial charge in [0.2, 0.25) is 11.9 Å². The van der Waals surface area contributed by atoms with Crippen molar-refractivity contribution in [3.63, 3.8) is 0 Å². The van der Waals surface area contributed by atoms with Crippen molar-refractivity contribution in [3.05, 3.63) is 40.8 Å². The summed E-state index contributed by atoms with van der Waals surface area (Å²) >= 11 is 1.76. The molecule has 1 amide bonds. The molecule has 2 aromatic rings. The van der Waals surface area contributed by atoms with Gasteiger partial charge in [0.25, 0.3) is 0 Å². The van der Waals surface area contributed by atoms with Gasteiger partial charge in [0.05, 0.1) is 0 Å². The number of anilines is 1. The van der Waals surface area contributed by atoms with Gasteiger partial charge < -0.3 is 9.80 Å². The van der Waals surface area contributed by atoms with E-state index in [0.717, 1.165) is 45.0 Å². The molecule has 1 saturated heterocycles. The van der Waals surface area contributed by atoms with E-state index in [1.54, 1.807) is 23.7 Å². The van der Waals surface area contributed by atoms with Gasteiger partial charge >= 0.3 is 0 Å². The molecule has 22 heavy (non-hydrogen) atoms. The van der Waals surface area contributed by atoms with E-state index in [2.05, 4.69) is 32.4 Å². The fourth-order valence-electron chi connectivity index (χ4n) is 2.64. The van der Waals surface area contributed by atoms with Gasteiger partial charge in [-0.2, -0.15) is 0 Å². The van der Waals surface area contributed by atoms with Gasteiger partial charge in [0.1, 0.15) is 0 Å². The third-order valence-electron chi connectivity index (χ3n) is 3.86. The standard InChI is InChI=1S/C16H20N4OS/c21-15(6-1-4-14-5-2-13-22-14)19-9-11-20(12-10-19)16-17-7-3-8-18-16/h2-3,5,7-8,13H,1,4,6,9-12H2. The maximum Gasteiger partial charge on any atom is 0.225 e. The zero-order valence-electron chi connectivity index (χ0n) is 12.5. The minimum absolute atomic E-state index is 0.269. The number of nitrogens with zero attached hydrogens (tertiary/aromatic N) is 4. The Morgan fingerprint density at radius 1 is 1.14 bits per heavy atom. The van der Waals surface area contributed by atoms with E-state index in [9.17, 15) is 4.79 Å². The first-order valence-corrected chi connectivity index (χ1v) is 8.53. The molecule has 2 aromatic heterocycles. The van der Waals surface area contributed by atoms with Crippen molar-refractivity contribution < 1.29 is 4.79 Å². The topological polar surface area (TPSA) is 49.3 Å². The third kappa shape index (κ3) is 3.82. The average molecular weight is 316 g/mol. The second-order valence-corrected chi connectivity index (χ2v) is 6.38. The zero-order valence-corrected chi connectivity index (χ0v) is 13.3. The Morgan fingerprint density at radius 3 is 2.59 bits per heavy atom. The van der Waals surface area contributed by atoms with Crippen LogP contribution in [0.5, 0.6) is 0 Å². The van der Waals surface area contributed by atoms with Crippen LogP contribution in [0.25, 0.3) is 0 Å². The SMILES string of the molecule is O=C(CCCc1cccs1)N1CCN(c2ncccn2)CC1. The number of carbonyl (C=O) groups is 1. The molecular formula is C16H20N4OS. The van der Waals surface area contributed by atoms with Crippen molar-refractivity contribution in [1.29, 1.82) is 0 Å². The summed E-state index contributed by atoms with van der Waals surface area (Å²) in [5.41, 5.74) is 0. The molecule has 0 N–H and O–H groups in total. The summed E-state index contributed by atoms with van der Waals surface area (Å²) in [4.78, 5) is 26.2. The highest BCUT2D eigenvalue weighted by atomic mass is 32.1. The molecule has 6 heteroatoms. The largest absolute Gasteiger partial charge is 0.339 e. The lowest BCUT2D eigenvalue weighted by molar-refractivity contribution is -0.131. The van der Waals surface area contributed by atoms with Gasteiger partial charge in [-0.3, -0.25) is 4.79 Å². The van der Waals surface area contributed by atoms with Gasteiger partial charge in [-0.25, -0.2) is 9.97 Å². The molecule has 1 fully saturated rings. The molecular weight excluding hydrogens is 296 g/mol. The first kappa shape index (κ1) is 15.0. The van der Waals surface area contributed by atoms with Gasteiger partial charge in [-0.1, -0.05) is 6.07 Å². The number of amides is 1. The van der Waals surface area contributed by atoms with E-state index in [1.165, 1.54) is 4.88 Å². The van der Waals surface area contributed by atoms with Crippen molar-refractivity contribution in [2.45, 2.75) is 19.3 Å². The van der Waals surface area contributed by atoms with E-state index in [0.29, 0.717) is 6.42 Å². The quantitative estimate of drug-likeness (QED) is 0.848. The van der Waals surface area contributed by atoms with Gasteiger partial charge in [0.15, 0.2) is 0 Å². The third-order valence-corrected chi connectivity index (χ3v) is 4.80. The summed E-state index contributed by atoms with van der Waals surface area (Å²) in [6.07, 6.45) is 6.08. The maximum atomic E-state index is 12.2. The number of thiophene rings is 1. The van der Waals surface area contributed by atoms with Crippen LogP contribution in [0, 0.1) is 0 Å². The fraction of sp³-hybridized carbons (Fsp3) is 0.438. The normalized spacial score (nSPS) is 15.1. The predicted molar refractivity (Wildman–Crippen MR) is 88.1 cm³/mol. The second-order valence-electron chi connectivity index (χ2n) is 5.35. The maximum absolute atomic E-state index is 12.2. The highest BCUT2D eigenvalue weighted by Crippen LogP contribution is 2.14. The number of hydrogen-bond acceptors (Lipinski definition) is 5. The van der Waals surface area contributed by atoms with Crippen LogP contribution in [-0.2, 0) is 11.2 Å². The predicted octanol–water partition coefficient (Wildman–Crippen LogP) is 2.21. The lowest BCUT2D eigenvalue weighted by Crippen LogP contribution is -2.49. The molecule has 3 rings (SSSR count). The van der Waals surface area contributed by atoms with Crippen LogP contribution < -0.4 is 4.90 Å². The van der Waals surface area contributed by atoms with Crippen LogP contribution in [-0.4, -0.2) is 47.0 Å². The fourth-order valence-corrected chi connectivity index (χ4v) is 3.39. The number of carbonyl (C=O) groups excluding carboxylic acids is 1. The van der Waals surface area contributed by atoms with Crippen LogP contribution in [0.3, 0.4) is 0 Å². The molecule has 0 radical (unpaired) electrons. The highest BCUT2D eigenvalue weighted by Gasteiger charge is 2.21. The van der Waals surface area contributed by atoms with Crippen LogP contribution in [0.4, 0.5) is 5.95 Å². The molecule has 0 unspecified atom stereocenters. The zero-order chi connectivity index (χ0) is 15.2. The Labute approximate surface area is 134 Å². The Kier molecular flexibility index (Phi) is 5.00. The van der Waals surface area contributed by atoms with Crippen molar-refractivity contribution in [2.24, 2.45) is 0 Å². The number of aromatic nitrogens is 2. The monoisotopic (exact) mass is 316 g/mol. The summed E-state index contributed by atoms with van der Waals surface area (Å²) < 4.78 is 0. The minimum Gasteiger partial charge on any atom is -0.339 e. The molecule has 1 aliphatic heterocycles. The first-order chi connectivity index (χ1) is 10.8. The molecule has 1 aliphatic rings. The molecule has 0 aromatic carbocycles. The van der Waals surface area contributed by atoms with Crippen LogP contribution in [0.2, 0.25) is 0 Å². The smallest absolute Gasteiger partial charge is 0.225 e. The van der Waals surface area contributed by atoms with E-state index in [4.69, 9.17) is 0 Å². The summed E-state index contributed by atoms with van der Waals surface area (Å²) in [6.45, 7) is 3.13. The van der Waals surface area contributed by atoms with Gasteiger partial charge in [0, 0.05) is 49.9 Å². The Balaban J connectivity index is 1.42. The molecule has 5 nitrogen and oxygen atoms in total. The molecule has 0 saturated carbocycles. The van der Waals surface area contributed by atoms with Crippen molar-refractivity contribution in [2.75, 3.05) is 31.1 Å². The molecule has 0 bridgehead atoms. The Hall–Kier alpha value is -1.95. The first-order valence-electron chi connectivity index (χ1n) is 7.65. The molecule has 3 heterocycles. The Bertz CT molecular complexity index is 579. The van der Waals surface area contributed by atoms with Gasteiger partial charge in [-0.15, -0.1) is 11.3 Å². The van der Waals surface area contributed by atoms with Crippen molar-refractivity contribution in [1.82, 2.24) is 14.9 Å². The summed E-state index contributed by atoms with van der Waals surface area (Å²) in [7, 11) is 0. The summed E-state index contributed by atoms with van der Waals surface area (Å²) in [5.74, 6) is 1.03. The van der Waals surface area contributed by atoms with Crippen molar-refractivity contribution in [3.8, 4) is 0 Å².